The van der Waals surface area contributed by atoms with Crippen LogP contribution in [0.1, 0.15) is 48.9 Å². The van der Waals surface area contributed by atoms with Gasteiger partial charge in [-0.15, -0.1) is 0 Å². The number of allylic oxidation sites excluding steroid dienone is 2. The van der Waals surface area contributed by atoms with Gasteiger partial charge in [0.1, 0.15) is 0 Å². The third kappa shape index (κ3) is 2.55. The SMILES string of the molecule is Cc1cc(C)c(C2=CC(=O)CC(C)(C)C2)cc1C. The molecule has 1 aliphatic rings. The first-order valence-corrected chi connectivity index (χ1v) is 6.60. The molecule has 0 saturated heterocycles. The van der Waals surface area contributed by atoms with Crippen LogP contribution >= 0.6 is 0 Å². The van der Waals surface area contributed by atoms with Crippen molar-refractivity contribution in [2.75, 3.05) is 0 Å². The molecule has 1 aromatic rings. The van der Waals surface area contributed by atoms with Gasteiger partial charge in [0.15, 0.2) is 5.78 Å². The van der Waals surface area contributed by atoms with E-state index in [2.05, 4.69) is 46.8 Å². The zero-order valence-electron chi connectivity index (χ0n) is 12.1. The van der Waals surface area contributed by atoms with E-state index in [0.29, 0.717) is 6.42 Å². The van der Waals surface area contributed by atoms with Crippen LogP contribution in [0.2, 0.25) is 0 Å². The van der Waals surface area contributed by atoms with Crippen molar-refractivity contribution in [3.63, 3.8) is 0 Å². The van der Waals surface area contributed by atoms with Crippen LogP contribution in [0.25, 0.3) is 5.57 Å². The summed E-state index contributed by atoms with van der Waals surface area (Å²) in [5.41, 5.74) is 6.43. The monoisotopic (exact) mass is 242 g/mol. The molecule has 18 heavy (non-hydrogen) atoms. The molecule has 0 aromatic heterocycles. The molecule has 0 N–H and O–H groups in total. The standard InChI is InChI=1S/C17H22O/c1-11-6-13(3)16(7-12(11)2)14-8-15(18)10-17(4,5)9-14/h6-8H,9-10H2,1-5H3. The number of carbonyl (C=O) groups is 1. The molecule has 0 fully saturated rings. The van der Waals surface area contributed by atoms with Crippen LogP contribution in [-0.2, 0) is 4.79 Å². The smallest absolute Gasteiger partial charge is 0.156 e. The third-order valence-electron chi connectivity index (χ3n) is 3.84. The summed E-state index contributed by atoms with van der Waals surface area (Å²) >= 11 is 0. The second-order valence-corrected chi connectivity index (χ2v) is 6.41. The lowest BCUT2D eigenvalue weighted by atomic mass is 9.74. The van der Waals surface area contributed by atoms with E-state index in [9.17, 15) is 4.79 Å². The Morgan fingerprint density at radius 3 is 2.17 bits per heavy atom. The molecular formula is C17H22O. The van der Waals surface area contributed by atoms with Crippen molar-refractivity contribution in [3.8, 4) is 0 Å². The molecule has 0 atom stereocenters. The fourth-order valence-electron chi connectivity index (χ4n) is 2.83. The highest BCUT2D eigenvalue weighted by atomic mass is 16.1. The van der Waals surface area contributed by atoms with Gasteiger partial charge in [-0.2, -0.15) is 0 Å². The van der Waals surface area contributed by atoms with E-state index < -0.39 is 0 Å². The van der Waals surface area contributed by atoms with Crippen LogP contribution in [-0.4, -0.2) is 5.78 Å². The van der Waals surface area contributed by atoms with E-state index in [-0.39, 0.29) is 11.2 Å². The Kier molecular flexibility index (Phi) is 3.18. The molecule has 1 aromatic carbocycles. The fraction of sp³-hybridized carbons (Fsp3) is 0.471. The van der Waals surface area contributed by atoms with Gasteiger partial charge in [-0.3, -0.25) is 4.79 Å². The molecule has 2 rings (SSSR count). The van der Waals surface area contributed by atoms with Gasteiger partial charge >= 0.3 is 0 Å². The fourth-order valence-corrected chi connectivity index (χ4v) is 2.83. The van der Waals surface area contributed by atoms with E-state index in [1.54, 1.807) is 0 Å². The van der Waals surface area contributed by atoms with E-state index in [1.807, 2.05) is 6.08 Å². The molecule has 96 valence electrons. The van der Waals surface area contributed by atoms with Crippen molar-refractivity contribution < 1.29 is 4.79 Å². The number of rotatable bonds is 1. The first-order valence-electron chi connectivity index (χ1n) is 6.60. The highest BCUT2D eigenvalue weighted by Crippen LogP contribution is 2.39. The Morgan fingerprint density at radius 2 is 1.56 bits per heavy atom. The number of ketones is 1. The summed E-state index contributed by atoms with van der Waals surface area (Å²) in [6.45, 7) is 10.8. The summed E-state index contributed by atoms with van der Waals surface area (Å²) in [4.78, 5) is 11.8. The Hall–Kier alpha value is -1.37. The number of aryl methyl sites for hydroxylation is 3. The minimum Gasteiger partial charge on any atom is -0.295 e. The molecule has 1 heteroatoms. The predicted octanol–water partition coefficient (Wildman–Crippen LogP) is 4.38. The number of carbonyl (C=O) groups excluding carboxylic acids is 1. The van der Waals surface area contributed by atoms with Crippen molar-refractivity contribution >= 4 is 11.4 Å². The molecule has 0 aliphatic heterocycles. The minimum atomic E-state index is 0.0897. The largest absolute Gasteiger partial charge is 0.295 e. The maximum atomic E-state index is 11.8. The van der Waals surface area contributed by atoms with Crippen LogP contribution in [0.3, 0.4) is 0 Å². The number of benzene rings is 1. The average Bonchev–Trinajstić information content (AvgIpc) is 2.20. The van der Waals surface area contributed by atoms with Crippen LogP contribution in [0.4, 0.5) is 0 Å². The molecule has 0 spiro atoms. The predicted molar refractivity (Wildman–Crippen MR) is 76.7 cm³/mol. The highest BCUT2D eigenvalue weighted by molar-refractivity contribution is 5.99. The van der Waals surface area contributed by atoms with Crippen molar-refractivity contribution in [2.45, 2.75) is 47.5 Å². The van der Waals surface area contributed by atoms with E-state index in [0.717, 1.165) is 6.42 Å². The lowest BCUT2D eigenvalue weighted by Crippen LogP contribution is -2.21. The van der Waals surface area contributed by atoms with Crippen LogP contribution in [0.5, 0.6) is 0 Å². The van der Waals surface area contributed by atoms with Gasteiger partial charge in [-0.25, -0.2) is 0 Å². The maximum Gasteiger partial charge on any atom is 0.156 e. The highest BCUT2D eigenvalue weighted by Gasteiger charge is 2.28. The van der Waals surface area contributed by atoms with Gasteiger partial charge < -0.3 is 0 Å². The van der Waals surface area contributed by atoms with Gasteiger partial charge in [0.2, 0.25) is 0 Å². The summed E-state index contributed by atoms with van der Waals surface area (Å²) in [6.07, 6.45) is 3.50. The molecule has 0 unspecified atom stereocenters. The molecule has 1 nitrogen and oxygen atoms in total. The number of hydrogen-bond acceptors (Lipinski definition) is 1. The van der Waals surface area contributed by atoms with Gasteiger partial charge in [-0.05, 0) is 66.5 Å². The zero-order chi connectivity index (χ0) is 13.5. The quantitative estimate of drug-likeness (QED) is 0.714. The topological polar surface area (TPSA) is 17.1 Å². The maximum absolute atomic E-state index is 11.8. The van der Waals surface area contributed by atoms with E-state index in [1.165, 1.54) is 27.8 Å². The Morgan fingerprint density at radius 1 is 0.944 bits per heavy atom. The van der Waals surface area contributed by atoms with Gasteiger partial charge in [0.25, 0.3) is 0 Å². The minimum absolute atomic E-state index is 0.0897. The number of hydrogen-bond donors (Lipinski definition) is 0. The summed E-state index contributed by atoms with van der Waals surface area (Å²) in [6, 6.07) is 4.45. The summed E-state index contributed by atoms with van der Waals surface area (Å²) in [5.74, 6) is 0.263. The molecule has 0 amide bonds. The lowest BCUT2D eigenvalue weighted by Gasteiger charge is -2.29. The summed E-state index contributed by atoms with van der Waals surface area (Å²) in [5, 5.41) is 0. The Balaban J connectivity index is 2.49. The summed E-state index contributed by atoms with van der Waals surface area (Å²) < 4.78 is 0. The van der Waals surface area contributed by atoms with Crippen LogP contribution in [0.15, 0.2) is 18.2 Å². The third-order valence-corrected chi connectivity index (χ3v) is 3.84. The van der Waals surface area contributed by atoms with Crippen molar-refractivity contribution in [1.82, 2.24) is 0 Å². The molecule has 0 heterocycles. The zero-order valence-corrected chi connectivity index (χ0v) is 12.1. The molecular weight excluding hydrogens is 220 g/mol. The Labute approximate surface area is 110 Å². The molecule has 1 aliphatic carbocycles. The molecule has 0 radical (unpaired) electrons. The van der Waals surface area contributed by atoms with Gasteiger partial charge in [0, 0.05) is 6.42 Å². The summed E-state index contributed by atoms with van der Waals surface area (Å²) in [7, 11) is 0. The van der Waals surface area contributed by atoms with Gasteiger partial charge in [0.05, 0.1) is 0 Å². The second kappa shape index (κ2) is 4.38. The van der Waals surface area contributed by atoms with E-state index in [4.69, 9.17) is 0 Å². The van der Waals surface area contributed by atoms with Crippen LogP contribution in [0, 0.1) is 26.2 Å². The normalized spacial score (nSPS) is 18.7. The van der Waals surface area contributed by atoms with Crippen molar-refractivity contribution in [2.24, 2.45) is 5.41 Å². The molecule has 0 bridgehead atoms. The van der Waals surface area contributed by atoms with Gasteiger partial charge in [-0.1, -0.05) is 26.0 Å². The van der Waals surface area contributed by atoms with Crippen molar-refractivity contribution in [1.29, 1.82) is 0 Å². The van der Waals surface area contributed by atoms with Crippen molar-refractivity contribution in [3.05, 3.63) is 40.5 Å². The van der Waals surface area contributed by atoms with Crippen LogP contribution < -0.4 is 0 Å². The van der Waals surface area contributed by atoms with E-state index >= 15 is 0 Å². The second-order valence-electron chi connectivity index (χ2n) is 6.41. The molecule has 0 saturated carbocycles. The first kappa shape index (κ1) is 13.1. The first-order chi connectivity index (χ1) is 8.28. The lowest BCUT2D eigenvalue weighted by molar-refractivity contribution is -0.116. The average molecular weight is 242 g/mol. The Bertz CT molecular complexity index is 533.